The van der Waals surface area contributed by atoms with Crippen molar-refractivity contribution >= 4 is 5.91 Å². The number of aliphatic hydroxyl groups is 1. The Balaban J connectivity index is 2.43. The van der Waals surface area contributed by atoms with Crippen molar-refractivity contribution in [3.05, 3.63) is 12.7 Å². The summed E-state index contributed by atoms with van der Waals surface area (Å²) in [6.07, 6.45) is 1.34. The SMILES string of the molecule is C=CC(O)[C@H]1CNC(=O)C1. The quantitative estimate of drug-likeness (QED) is 0.517. The van der Waals surface area contributed by atoms with Crippen molar-refractivity contribution in [1.82, 2.24) is 5.32 Å². The van der Waals surface area contributed by atoms with Gasteiger partial charge in [0.1, 0.15) is 0 Å². The Kier molecular flexibility index (Phi) is 2.06. The summed E-state index contributed by atoms with van der Waals surface area (Å²) in [5.41, 5.74) is 0. The maximum absolute atomic E-state index is 10.6. The highest BCUT2D eigenvalue weighted by atomic mass is 16.3. The predicted octanol–water partition coefficient (Wildman–Crippen LogP) is -0.331. The second-order valence-corrected chi connectivity index (χ2v) is 2.49. The first kappa shape index (κ1) is 7.28. The van der Waals surface area contributed by atoms with Gasteiger partial charge < -0.3 is 10.4 Å². The van der Waals surface area contributed by atoms with Crippen molar-refractivity contribution in [2.45, 2.75) is 12.5 Å². The summed E-state index contributed by atoms with van der Waals surface area (Å²) in [6, 6.07) is 0. The van der Waals surface area contributed by atoms with Crippen LogP contribution in [0, 0.1) is 5.92 Å². The van der Waals surface area contributed by atoms with Crippen LogP contribution in [-0.2, 0) is 4.79 Å². The van der Waals surface area contributed by atoms with Crippen molar-refractivity contribution in [2.75, 3.05) is 6.54 Å². The Bertz CT molecular complexity index is 156. The standard InChI is InChI=1S/C7H11NO2/c1-2-6(9)5-3-7(10)8-4-5/h2,5-6,9H,1,3-4H2,(H,8,10)/t5-,6?/m1/s1. The molecule has 0 saturated carbocycles. The van der Waals surface area contributed by atoms with Gasteiger partial charge in [0.2, 0.25) is 5.91 Å². The molecule has 0 spiro atoms. The van der Waals surface area contributed by atoms with Gasteiger partial charge in [0, 0.05) is 18.9 Å². The molecule has 1 aliphatic heterocycles. The maximum atomic E-state index is 10.6. The molecule has 1 fully saturated rings. The topological polar surface area (TPSA) is 49.3 Å². The zero-order valence-electron chi connectivity index (χ0n) is 5.71. The highest BCUT2D eigenvalue weighted by molar-refractivity contribution is 5.78. The average molecular weight is 141 g/mol. The van der Waals surface area contributed by atoms with Crippen LogP contribution in [0.15, 0.2) is 12.7 Å². The van der Waals surface area contributed by atoms with E-state index in [9.17, 15) is 4.79 Å². The molecule has 0 aromatic carbocycles. The summed E-state index contributed by atoms with van der Waals surface area (Å²) >= 11 is 0. The van der Waals surface area contributed by atoms with Crippen LogP contribution in [0.5, 0.6) is 0 Å². The van der Waals surface area contributed by atoms with Gasteiger partial charge in [0.15, 0.2) is 0 Å². The molecule has 1 unspecified atom stereocenters. The second-order valence-electron chi connectivity index (χ2n) is 2.49. The van der Waals surface area contributed by atoms with Crippen molar-refractivity contribution < 1.29 is 9.90 Å². The lowest BCUT2D eigenvalue weighted by Gasteiger charge is -2.09. The van der Waals surface area contributed by atoms with Crippen LogP contribution < -0.4 is 5.32 Å². The third kappa shape index (κ3) is 1.36. The fourth-order valence-corrected chi connectivity index (χ4v) is 1.06. The van der Waals surface area contributed by atoms with E-state index in [0.717, 1.165) is 0 Å². The normalized spacial score (nSPS) is 27.7. The van der Waals surface area contributed by atoms with Crippen LogP contribution in [-0.4, -0.2) is 23.7 Å². The Morgan fingerprint density at radius 2 is 2.60 bits per heavy atom. The molecule has 56 valence electrons. The molecule has 0 aromatic heterocycles. The Morgan fingerprint density at radius 1 is 1.90 bits per heavy atom. The molecule has 10 heavy (non-hydrogen) atoms. The van der Waals surface area contributed by atoms with Crippen molar-refractivity contribution in [2.24, 2.45) is 5.92 Å². The molecule has 0 aromatic rings. The van der Waals surface area contributed by atoms with E-state index in [1.165, 1.54) is 6.08 Å². The molecule has 0 bridgehead atoms. The lowest BCUT2D eigenvalue weighted by Crippen LogP contribution is -2.20. The van der Waals surface area contributed by atoms with Crippen molar-refractivity contribution in [1.29, 1.82) is 0 Å². The van der Waals surface area contributed by atoms with E-state index in [1.807, 2.05) is 0 Å². The zero-order chi connectivity index (χ0) is 7.56. The maximum Gasteiger partial charge on any atom is 0.220 e. The number of hydrogen-bond acceptors (Lipinski definition) is 2. The minimum absolute atomic E-state index is 0.0194. The minimum Gasteiger partial charge on any atom is -0.389 e. The molecule has 3 nitrogen and oxygen atoms in total. The van der Waals surface area contributed by atoms with Crippen molar-refractivity contribution in [3.63, 3.8) is 0 Å². The van der Waals surface area contributed by atoms with Gasteiger partial charge in [0.05, 0.1) is 6.10 Å². The molecular weight excluding hydrogens is 130 g/mol. The number of carbonyl (C=O) groups excluding carboxylic acids is 1. The molecule has 2 N–H and O–H groups in total. The fraction of sp³-hybridized carbons (Fsp3) is 0.571. The number of carbonyl (C=O) groups is 1. The summed E-state index contributed by atoms with van der Waals surface area (Å²) < 4.78 is 0. The Labute approximate surface area is 59.7 Å². The third-order valence-corrected chi connectivity index (χ3v) is 1.73. The number of nitrogens with one attached hydrogen (secondary N) is 1. The molecule has 1 aliphatic rings. The predicted molar refractivity (Wildman–Crippen MR) is 37.3 cm³/mol. The Morgan fingerprint density at radius 3 is 3.00 bits per heavy atom. The summed E-state index contributed by atoms with van der Waals surface area (Å²) in [4.78, 5) is 10.6. The lowest BCUT2D eigenvalue weighted by atomic mass is 10.0. The van der Waals surface area contributed by atoms with Gasteiger partial charge in [-0.3, -0.25) is 4.79 Å². The first-order valence-corrected chi connectivity index (χ1v) is 3.31. The van der Waals surface area contributed by atoms with E-state index in [0.29, 0.717) is 13.0 Å². The molecule has 1 rings (SSSR count). The first-order valence-electron chi connectivity index (χ1n) is 3.31. The summed E-state index contributed by atoms with van der Waals surface area (Å²) in [5.74, 6) is 0.0518. The minimum atomic E-state index is -0.543. The molecule has 0 radical (unpaired) electrons. The molecule has 2 atom stereocenters. The van der Waals surface area contributed by atoms with Gasteiger partial charge >= 0.3 is 0 Å². The fourth-order valence-electron chi connectivity index (χ4n) is 1.06. The van der Waals surface area contributed by atoms with E-state index in [1.54, 1.807) is 0 Å². The van der Waals surface area contributed by atoms with E-state index in [-0.39, 0.29) is 11.8 Å². The van der Waals surface area contributed by atoms with E-state index in [4.69, 9.17) is 5.11 Å². The average Bonchev–Trinajstić information content (AvgIpc) is 2.34. The highest BCUT2D eigenvalue weighted by Crippen LogP contribution is 2.13. The molecule has 0 aliphatic carbocycles. The third-order valence-electron chi connectivity index (χ3n) is 1.73. The van der Waals surface area contributed by atoms with E-state index in [2.05, 4.69) is 11.9 Å². The molecule has 3 heteroatoms. The largest absolute Gasteiger partial charge is 0.389 e. The summed E-state index contributed by atoms with van der Waals surface area (Å²) in [5, 5.41) is 11.8. The summed E-state index contributed by atoms with van der Waals surface area (Å²) in [6.45, 7) is 4.02. The molecule has 1 saturated heterocycles. The zero-order valence-corrected chi connectivity index (χ0v) is 5.71. The monoisotopic (exact) mass is 141 g/mol. The second kappa shape index (κ2) is 2.84. The molecular formula is C7H11NO2. The van der Waals surface area contributed by atoms with E-state index >= 15 is 0 Å². The van der Waals surface area contributed by atoms with Crippen LogP contribution in [0.2, 0.25) is 0 Å². The molecule has 1 amide bonds. The van der Waals surface area contributed by atoms with Crippen molar-refractivity contribution in [3.8, 4) is 0 Å². The van der Waals surface area contributed by atoms with Gasteiger partial charge in [-0.05, 0) is 0 Å². The van der Waals surface area contributed by atoms with Crippen LogP contribution in [0.4, 0.5) is 0 Å². The number of aliphatic hydroxyl groups excluding tert-OH is 1. The van der Waals surface area contributed by atoms with E-state index < -0.39 is 6.10 Å². The number of amides is 1. The number of rotatable bonds is 2. The van der Waals surface area contributed by atoms with Crippen LogP contribution in [0.3, 0.4) is 0 Å². The van der Waals surface area contributed by atoms with Gasteiger partial charge in [-0.25, -0.2) is 0 Å². The lowest BCUT2D eigenvalue weighted by molar-refractivity contribution is -0.119. The van der Waals surface area contributed by atoms with Gasteiger partial charge in [0.25, 0.3) is 0 Å². The smallest absolute Gasteiger partial charge is 0.220 e. The van der Waals surface area contributed by atoms with Crippen LogP contribution in [0.25, 0.3) is 0 Å². The first-order chi connectivity index (χ1) is 4.74. The molecule has 1 heterocycles. The van der Waals surface area contributed by atoms with Gasteiger partial charge in [-0.2, -0.15) is 0 Å². The van der Waals surface area contributed by atoms with Gasteiger partial charge in [-0.15, -0.1) is 6.58 Å². The summed E-state index contributed by atoms with van der Waals surface area (Å²) in [7, 11) is 0. The van der Waals surface area contributed by atoms with Crippen LogP contribution in [0.1, 0.15) is 6.42 Å². The number of hydrogen-bond donors (Lipinski definition) is 2. The van der Waals surface area contributed by atoms with Gasteiger partial charge in [-0.1, -0.05) is 6.08 Å². The highest BCUT2D eigenvalue weighted by Gasteiger charge is 2.25. The van der Waals surface area contributed by atoms with Crippen LogP contribution >= 0.6 is 0 Å². The Hall–Kier alpha value is -0.830.